The van der Waals surface area contributed by atoms with Crippen LogP contribution in [0, 0.1) is 28.8 Å². The van der Waals surface area contributed by atoms with Crippen LogP contribution < -0.4 is 0 Å². The van der Waals surface area contributed by atoms with E-state index in [2.05, 4.69) is 18.1 Å². The Morgan fingerprint density at radius 2 is 1.84 bits per heavy atom. The van der Waals surface area contributed by atoms with Gasteiger partial charge in [0.1, 0.15) is 17.5 Å². The minimum absolute atomic E-state index is 0.0540. The highest BCUT2D eigenvalue weighted by Gasteiger charge is 2.47. The second-order valence-electron chi connectivity index (χ2n) is 8.64. The molecule has 5 rings (SSSR count). The molecule has 0 saturated heterocycles. The third kappa shape index (κ3) is 3.21. The number of benzene rings is 2. The number of rotatable bonds is 3. The predicted octanol–water partition coefficient (Wildman–Crippen LogP) is 5.92. The number of allylic oxidation sites excluding steroid dienone is 1. The quantitative estimate of drug-likeness (QED) is 0.491. The normalized spacial score (nSPS) is 22.5. The first-order chi connectivity index (χ1) is 14.9. The van der Waals surface area contributed by atoms with E-state index in [0.29, 0.717) is 12.8 Å². The Morgan fingerprint density at radius 3 is 2.58 bits per heavy atom. The van der Waals surface area contributed by atoms with Gasteiger partial charge in [0, 0.05) is 17.4 Å². The fourth-order valence-electron chi connectivity index (χ4n) is 5.13. The third-order valence-electron chi connectivity index (χ3n) is 6.78. The fraction of sp³-hybridized carbons (Fsp3) is 0.280. The lowest BCUT2D eigenvalue weighted by Crippen LogP contribution is -2.41. The van der Waals surface area contributed by atoms with Crippen LogP contribution in [0.15, 0.2) is 54.2 Å². The second-order valence-corrected chi connectivity index (χ2v) is 8.64. The molecule has 1 saturated carbocycles. The van der Waals surface area contributed by atoms with Gasteiger partial charge < -0.3 is 0 Å². The lowest BCUT2D eigenvalue weighted by molar-refractivity contribution is 0.0758. The van der Waals surface area contributed by atoms with Crippen molar-refractivity contribution >= 4 is 11.9 Å². The molecule has 0 bridgehead atoms. The lowest BCUT2D eigenvalue weighted by Gasteiger charge is -2.45. The molecular formula is C25H21F3N2O. The standard InChI is InChI=1S/C25H21F3N2O/c1-25-13-15-14-29-30(19-8-5-17(26)6-9-19)23(15)11-16(25)3-2-4-21(25)24(31)20-10-7-18(27)12-22(20)28/h5-12,14,21H,2-4,13H2,1H3/t21-,25+/m1/s1. The van der Waals surface area contributed by atoms with E-state index >= 15 is 0 Å². The van der Waals surface area contributed by atoms with Crippen LogP contribution in [-0.2, 0) is 6.42 Å². The summed E-state index contributed by atoms with van der Waals surface area (Å²) in [7, 11) is 0. The summed E-state index contributed by atoms with van der Waals surface area (Å²) >= 11 is 0. The number of hydrogen-bond acceptors (Lipinski definition) is 2. The van der Waals surface area contributed by atoms with Crippen LogP contribution >= 0.6 is 0 Å². The van der Waals surface area contributed by atoms with Gasteiger partial charge in [0.05, 0.1) is 23.1 Å². The summed E-state index contributed by atoms with van der Waals surface area (Å²) in [4.78, 5) is 13.3. The number of aromatic nitrogens is 2. The van der Waals surface area contributed by atoms with Crippen LogP contribution in [0.25, 0.3) is 11.8 Å². The van der Waals surface area contributed by atoms with Crippen LogP contribution in [0.1, 0.15) is 47.8 Å². The summed E-state index contributed by atoms with van der Waals surface area (Å²) < 4.78 is 42.8. The van der Waals surface area contributed by atoms with Gasteiger partial charge in [-0.3, -0.25) is 4.79 Å². The largest absolute Gasteiger partial charge is 0.294 e. The van der Waals surface area contributed by atoms with Crippen LogP contribution in [-0.4, -0.2) is 15.6 Å². The molecule has 2 aliphatic rings. The zero-order valence-corrected chi connectivity index (χ0v) is 17.0. The average molecular weight is 422 g/mol. The molecule has 0 radical (unpaired) electrons. The fourth-order valence-corrected chi connectivity index (χ4v) is 5.13. The smallest absolute Gasteiger partial charge is 0.169 e. The van der Waals surface area contributed by atoms with Crippen molar-refractivity contribution in [2.75, 3.05) is 0 Å². The van der Waals surface area contributed by atoms with E-state index in [1.807, 2.05) is 0 Å². The van der Waals surface area contributed by atoms with Gasteiger partial charge in [0.2, 0.25) is 0 Å². The van der Waals surface area contributed by atoms with Gasteiger partial charge in [-0.25, -0.2) is 17.9 Å². The summed E-state index contributed by atoms with van der Waals surface area (Å²) in [6.07, 6.45) is 6.79. The highest BCUT2D eigenvalue weighted by Crippen LogP contribution is 2.52. The first-order valence-electron chi connectivity index (χ1n) is 10.4. The molecule has 3 aromatic rings. The van der Waals surface area contributed by atoms with E-state index < -0.39 is 23.0 Å². The first-order valence-corrected chi connectivity index (χ1v) is 10.4. The summed E-state index contributed by atoms with van der Waals surface area (Å²) in [6.45, 7) is 2.06. The summed E-state index contributed by atoms with van der Waals surface area (Å²) in [5.74, 6) is -2.49. The zero-order valence-electron chi connectivity index (χ0n) is 17.0. The third-order valence-corrected chi connectivity index (χ3v) is 6.78. The second kappa shape index (κ2) is 7.22. The molecule has 0 N–H and O–H groups in total. The number of carbonyl (C=O) groups is 1. The van der Waals surface area contributed by atoms with Gasteiger partial charge in [0.15, 0.2) is 5.78 Å². The molecule has 1 heterocycles. The van der Waals surface area contributed by atoms with E-state index in [0.717, 1.165) is 47.5 Å². The van der Waals surface area contributed by atoms with E-state index in [1.54, 1.807) is 23.0 Å². The van der Waals surface area contributed by atoms with E-state index in [9.17, 15) is 18.0 Å². The number of fused-ring (bicyclic) bond motifs is 2. The molecule has 2 aliphatic carbocycles. The Hall–Kier alpha value is -3.15. The number of hydrogen-bond donors (Lipinski definition) is 0. The molecular weight excluding hydrogens is 401 g/mol. The summed E-state index contributed by atoms with van der Waals surface area (Å²) in [6, 6.07) is 9.30. The van der Waals surface area contributed by atoms with Gasteiger partial charge in [-0.05, 0) is 73.7 Å². The minimum Gasteiger partial charge on any atom is -0.294 e. The number of nitrogens with zero attached hydrogens (tertiary/aromatic N) is 2. The summed E-state index contributed by atoms with van der Waals surface area (Å²) in [5.41, 5.74) is 3.31. The molecule has 0 spiro atoms. The molecule has 0 unspecified atom stereocenters. The van der Waals surface area contributed by atoms with Crippen molar-refractivity contribution in [3.05, 3.63) is 88.5 Å². The Balaban J connectivity index is 1.53. The summed E-state index contributed by atoms with van der Waals surface area (Å²) in [5, 5.41) is 4.50. The number of Topliss-reactive ketones (excluding diaryl/α,β-unsaturated/α-hetero) is 1. The topological polar surface area (TPSA) is 34.9 Å². The predicted molar refractivity (Wildman–Crippen MR) is 111 cm³/mol. The van der Waals surface area contributed by atoms with Crippen LogP contribution in [0.4, 0.5) is 13.2 Å². The lowest BCUT2D eigenvalue weighted by atomic mass is 9.58. The van der Waals surface area contributed by atoms with Crippen molar-refractivity contribution in [2.24, 2.45) is 11.3 Å². The molecule has 31 heavy (non-hydrogen) atoms. The van der Waals surface area contributed by atoms with Gasteiger partial charge in [0.25, 0.3) is 0 Å². The Labute approximate surface area is 178 Å². The number of halogens is 3. The van der Waals surface area contributed by atoms with Crippen LogP contribution in [0.3, 0.4) is 0 Å². The molecule has 1 fully saturated rings. The van der Waals surface area contributed by atoms with Crippen molar-refractivity contribution in [3.63, 3.8) is 0 Å². The maximum atomic E-state index is 14.3. The van der Waals surface area contributed by atoms with Crippen molar-refractivity contribution in [1.29, 1.82) is 0 Å². The number of carbonyl (C=O) groups excluding carboxylic acids is 1. The highest BCUT2D eigenvalue weighted by molar-refractivity contribution is 5.99. The molecule has 0 amide bonds. The maximum absolute atomic E-state index is 14.3. The zero-order chi connectivity index (χ0) is 21.8. The van der Waals surface area contributed by atoms with Crippen molar-refractivity contribution in [1.82, 2.24) is 9.78 Å². The van der Waals surface area contributed by atoms with Gasteiger partial charge in [-0.2, -0.15) is 5.10 Å². The molecule has 1 aromatic heterocycles. The molecule has 2 atom stereocenters. The van der Waals surface area contributed by atoms with Gasteiger partial charge >= 0.3 is 0 Å². The Bertz CT molecular complexity index is 1210. The van der Waals surface area contributed by atoms with Gasteiger partial charge in [-0.1, -0.05) is 12.5 Å². The monoisotopic (exact) mass is 422 g/mol. The minimum atomic E-state index is -0.815. The molecule has 0 aliphatic heterocycles. The average Bonchev–Trinajstić information content (AvgIpc) is 3.13. The molecule has 6 heteroatoms. The Morgan fingerprint density at radius 1 is 1.10 bits per heavy atom. The SMILES string of the molecule is C[C@]12Cc3cnn(-c4ccc(F)cc4)c3C=C1CCC[C@@H]2C(=O)c1ccc(F)cc1F. The first kappa shape index (κ1) is 19.8. The van der Waals surface area contributed by atoms with Crippen molar-refractivity contribution in [3.8, 4) is 5.69 Å². The van der Waals surface area contributed by atoms with E-state index in [1.165, 1.54) is 18.2 Å². The van der Waals surface area contributed by atoms with Crippen molar-refractivity contribution < 1.29 is 18.0 Å². The van der Waals surface area contributed by atoms with Crippen LogP contribution in [0.5, 0.6) is 0 Å². The Kier molecular flexibility index (Phi) is 4.61. The number of ketones is 1. The molecule has 158 valence electrons. The van der Waals surface area contributed by atoms with Gasteiger partial charge in [-0.15, -0.1) is 0 Å². The van der Waals surface area contributed by atoms with Crippen molar-refractivity contribution in [2.45, 2.75) is 32.6 Å². The molecule has 3 nitrogen and oxygen atoms in total. The maximum Gasteiger partial charge on any atom is 0.169 e. The highest BCUT2D eigenvalue weighted by atomic mass is 19.1. The van der Waals surface area contributed by atoms with Crippen LogP contribution in [0.2, 0.25) is 0 Å². The van der Waals surface area contributed by atoms with E-state index in [4.69, 9.17) is 0 Å². The molecule has 2 aromatic carbocycles. The van der Waals surface area contributed by atoms with E-state index in [-0.39, 0.29) is 17.2 Å².